The quantitative estimate of drug-likeness (QED) is 0.669. The molecule has 1 aromatic carbocycles. The van der Waals surface area contributed by atoms with Crippen LogP contribution in [0.15, 0.2) is 30.5 Å². The van der Waals surface area contributed by atoms with E-state index in [9.17, 15) is 14.9 Å². The van der Waals surface area contributed by atoms with E-state index in [0.717, 1.165) is 4.68 Å². The molecule has 0 atom stereocenters. The smallest absolute Gasteiger partial charge is 0.408 e. The molecule has 9 heteroatoms. The second-order valence-corrected chi connectivity index (χ2v) is 4.11. The molecule has 2 aromatic rings. The van der Waals surface area contributed by atoms with Crippen molar-refractivity contribution in [1.29, 1.82) is 0 Å². The van der Waals surface area contributed by atoms with Crippen molar-refractivity contribution < 1.29 is 19.6 Å². The fourth-order valence-electron chi connectivity index (χ4n) is 1.44. The summed E-state index contributed by atoms with van der Waals surface area (Å²) in [7, 11) is 0. The third-order valence-corrected chi connectivity index (χ3v) is 2.58. The molecule has 0 spiro atoms. The van der Waals surface area contributed by atoms with Gasteiger partial charge in [-0.25, -0.2) is 4.79 Å². The van der Waals surface area contributed by atoms with Gasteiger partial charge in [-0.15, -0.1) is 4.68 Å². The van der Waals surface area contributed by atoms with Crippen molar-refractivity contribution in [3.63, 3.8) is 0 Å². The van der Waals surface area contributed by atoms with E-state index in [-0.39, 0.29) is 17.3 Å². The maximum absolute atomic E-state index is 10.8. The number of halogens is 1. The van der Waals surface area contributed by atoms with Crippen LogP contribution in [0, 0.1) is 10.1 Å². The third-order valence-electron chi connectivity index (χ3n) is 2.32. The van der Waals surface area contributed by atoms with Gasteiger partial charge in [0.2, 0.25) is 6.73 Å². The summed E-state index contributed by atoms with van der Waals surface area (Å²) in [5.74, 6) is -1.23. The van der Waals surface area contributed by atoms with E-state index < -0.39 is 16.7 Å². The highest BCUT2D eigenvalue weighted by Gasteiger charge is 2.19. The average Bonchev–Trinajstić information content (AvgIpc) is 2.78. The van der Waals surface area contributed by atoms with Gasteiger partial charge in [0, 0.05) is 0 Å². The summed E-state index contributed by atoms with van der Waals surface area (Å²) < 4.78 is 6.43. The summed E-state index contributed by atoms with van der Waals surface area (Å²) in [6.07, 6.45) is 1.25. The van der Waals surface area contributed by atoms with Gasteiger partial charge in [-0.2, -0.15) is 0 Å². The van der Waals surface area contributed by atoms with Crippen LogP contribution < -0.4 is 4.74 Å². The van der Waals surface area contributed by atoms with Crippen molar-refractivity contribution in [3.8, 4) is 5.75 Å². The Balaban J connectivity index is 2.09. The van der Waals surface area contributed by atoms with Crippen LogP contribution in [0.1, 0.15) is 10.4 Å². The number of carbonyl (C=O) groups is 1. The zero-order chi connectivity index (χ0) is 14.7. The molecule has 0 saturated heterocycles. The Kier molecular flexibility index (Phi) is 3.85. The van der Waals surface area contributed by atoms with Crippen molar-refractivity contribution in [2.75, 3.05) is 0 Å². The van der Waals surface area contributed by atoms with E-state index in [0.29, 0.717) is 5.75 Å². The first kappa shape index (κ1) is 13.8. The normalized spacial score (nSPS) is 10.2. The number of aromatic carboxylic acids is 1. The second-order valence-electron chi connectivity index (χ2n) is 3.70. The Bertz CT molecular complexity index is 670. The Morgan fingerprint density at radius 1 is 1.55 bits per heavy atom. The largest absolute Gasteiger partial charge is 0.478 e. The van der Waals surface area contributed by atoms with Crippen molar-refractivity contribution >= 4 is 23.4 Å². The van der Waals surface area contributed by atoms with Gasteiger partial charge in [0.05, 0.1) is 16.9 Å². The molecule has 0 bridgehead atoms. The molecule has 0 unspecified atom stereocenters. The van der Waals surface area contributed by atoms with Crippen LogP contribution in [0.5, 0.6) is 5.75 Å². The summed E-state index contributed by atoms with van der Waals surface area (Å²) in [5, 5.41) is 22.9. The minimum atomic E-state index is -1.08. The highest BCUT2D eigenvalue weighted by atomic mass is 35.5. The van der Waals surface area contributed by atoms with Crippen molar-refractivity contribution in [3.05, 3.63) is 51.2 Å². The maximum Gasteiger partial charge on any atom is 0.408 e. The molecule has 0 amide bonds. The molecule has 0 fully saturated rings. The number of rotatable bonds is 5. The standard InChI is InChI=1S/C11H8ClN3O5/c12-9-5-14(13-10(9)15(18)19)6-20-8-3-1-2-7(4-8)11(16)17/h1-5H,6H2,(H,16,17). The Morgan fingerprint density at radius 2 is 2.30 bits per heavy atom. The molecule has 0 aliphatic rings. The number of aromatic nitrogens is 2. The lowest BCUT2D eigenvalue weighted by Crippen LogP contribution is -2.06. The van der Waals surface area contributed by atoms with E-state index >= 15 is 0 Å². The van der Waals surface area contributed by atoms with E-state index in [1.807, 2.05) is 0 Å². The molecule has 1 N–H and O–H groups in total. The zero-order valence-corrected chi connectivity index (χ0v) is 10.6. The van der Waals surface area contributed by atoms with Crippen molar-refractivity contribution in [2.24, 2.45) is 0 Å². The topological polar surface area (TPSA) is 107 Å². The Labute approximate surface area is 117 Å². The number of carboxylic acids is 1. The number of ether oxygens (including phenoxy) is 1. The summed E-state index contributed by atoms with van der Waals surface area (Å²) in [4.78, 5) is 20.6. The lowest BCUT2D eigenvalue weighted by molar-refractivity contribution is -0.389. The molecule has 2 rings (SSSR count). The van der Waals surface area contributed by atoms with E-state index in [1.165, 1.54) is 24.4 Å². The fourth-order valence-corrected chi connectivity index (χ4v) is 1.66. The molecular formula is C11H8ClN3O5. The van der Waals surface area contributed by atoms with E-state index in [1.54, 1.807) is 6.07 Å². The number of hydrogen-bond donors (Lipinski definition) is 1. The highest BCUT2D eigenvalue weighted by molar-refractivity contribution is 6.32. The molecular weight excluding hydrogens is 290 g/mol. The third kappa shape index (κ3) is 3.04. The first-order valence-corrected chi connectivity index (χ1v) is 5.68. The maximum atomic E-state index is 10.8. The van der Waals surface area contributed by atoms with E-state index in [4.69, 9.17) is 21.4 Å². The number of hydrogen-bond acceptors (Lipinski definition) is 5. The predicted octanol–water partition coefficient (Wildman–Crippen LogP) is 2.18. The van der Waals surface area contributed by atoms with Gasteiger partial charge in [-0.1, -0.05) is 17.7 Å². The molecule has 0 aliphatic carbocycles. The summed E-state index contributed by atoms with van der Waals surface area (Å²) in [6, 6.07) is 5.84. The lowest BCUT2D eigenvalue weighted by atomic mass is 10.2. The van der Waals surface area contributed by atoms with Gasteiger partial charge in [0.25, 0.3) is 0 Å². The summed E-state index contributed by atoms with van der Waals surface area (Å²) in [5.41, 5.74) is 0.0759. The molecule has 1 heterocycles. The number of benzene rings is 1. The first-order valence-electron chi connectivity index (χ1n) is 5.31. The fraction of sp³-hybridized carbons (Fsp3) is 0.0909. The highest BCUT2D eigenvalue weighted by Crippen LogP contribution is 2.21. The van der Waals surface area contributed by atoms with Crippen LogP contribution in [-0.2, 0) is 6.73 Å². The van der Waals surface area contributed by atoms with Crippen molar-refractivity contribution in [2.45, 2.75) is 6.73 Å². The average molecular weight is 298 g/mol. The molecule has 1 aromatic heterocycles. The number of nitrogens with zero attached hydrogens (tertiary/aromatic N) is 3. The molecule has 0 saturated carbocycles. The van der Waals surface area contributed by atoms with Gasteiger partial charge >= 0.3 is 11.8 Å². The summed E-state index contributed by atoms with van der Waals surface area (Å²) in [6.45, 7) is -0.128. The van der Waals surface area contributed by atoms with Gasteiger partial charge < -0.3 is 20.0 Å². The number of nitro groups is 1. The van der Waals surface area contributed by atoms with Gasteiger partial charge in [0.1, 0.15) is 5.75 Å². The van der Waals surface area contributed by atoms with Gasteiger partial charge in [-0.3, -0.25) is 0 Å². The van der Waals surface area contributed by atoms with Crippen LogP contribution in [0.4, 0.5) is 5.82 Å². The van der Waals surface area contributed by atoms with Crippen molar-refractivity contribution in [1.82, 2.24) is 9.78 Å². The van der Waals surface area contributed by atoms with Crippen LogP contribution in [0.3, 0.4) is 0 Å². The monoisotopic (exact) mass is 297 g/mol. The minimum Gasteiger partial charge on any atom is -0.478 e. The summed E-state index contributed by atoms with van der Waals surface area (Å²) >= 11 is 5.63. The predicted molar refractivity (Wildman–Crippen MR) is 67.9 cm³/mol. The Hall–Kier alpha value is -2.61. The second kappa shape index (κ2) is 5.57. The molecule has 104 valence electrons. The zero-order valence-electron chi connectivity index (χ0n) is 9.89. The lowest BCUT2D eigenvalue weighted by Gasteiger charge is -2.04. The Morgan fingerprint density at radius 3 is 2.90 bits per heavy atom. The van der Waals surface area contributed by atoms with Gasteiger partial charge in [-0.05, 0) is 23.1 Å². The van der Waals surface area contributed by atoms with Crippen LogP contribution in [0.2, 0.25) is 5.02 Å². The first-order chi connectivity index (χ1) is 9.47. The molecule has 20 heavy (non-hydrogen) atoms. The van der Waals surface area contributed by atoms with E-state index in [2.05, 4.69) is 5.10 Å². The van der Waals surface area contributed by atoms with Crippen LogP contribution in [0.25, 0.3) is 0 Å². The van der Waals surface area contributed by atoms with Crippen LogP contribution in [-0.4, -0.2) is 25.8 Å². The van der Waals surface area contributed by atoms with Gasteiger partial charge in [0.15, 0.2) is 5.02 Å². The SMILES string of the molecule is O=C(O)c1cccc(OCn2cc(Cl)c([N+](=O)[O-])n2)c1. The molecule has 0 aliphatic heterocycles. The molecule has 8 nitrogen and oxygen atoms in total. The number of carboxylic acid groups (broad SMARTS) is 1. The van der Waals surface area contributed by atoms with Crippen LogP contribution >= 0.6 is 11.6 Å². The minimum absolute atomic E-state index is 0.0759. The molecule has 0 radical (unpaired) electrons.